The quantitative estimate of drug-likeness (QED) is 0.198. The summed E-state index contributed by atoms with van der Waals surface area (Å²) < 4.78 is 8.61. The molecule has 0 aliphatic rings. The average Bonchev–Trinajstić information content (AvgIpc) is 3.70. The minimum absolute atomic E-state index is 0.647. The first-order chi connectivity index (χ1) is 23.8. The maximum Gasteiger partial charge on any atom is 0.235 e. The minimum atomic E-state index is 0.647. The normalized spacial score (nSPS) is 11.8. The van der Waals surface area contributed by atoms with Crippen molar-refractivity contribution in [1.29, 1.82) is 0 Å². The lowest BCUT2D eigenvalue weighted by Crippen LogP contribution is -2.03. The highest BCUT2D eigenvalue weighted by Gasteiger charge is 2.19. The first-order valence-corrected chi connectivity index (χ1v) is 16.2. The molecule has 0 amide bonds. The second-order valence-corrected chi connectivity index (χ2v) is 12.2. The molecule has 10 aromatic rings. The van der Waals surface area contributed by atoms with E-state index < -0.39 is 0 Å². The molecule has 7 aromatic carbocycles. The molecular weight excluding hydrogens is 587 g/mol. The molecule has 0 fully saturated rings. The van der Waals surface area contributed by atoms with E-state index in [2.05, 4.69) is 144 Å². The average molecular weight is 614 g/mol. The highest BCUT2D eigenvalue weighted by atomic mass is 16.3. The van der Waals surface area contributed by atoms with Gasteiger partial charge in [-0.3, -0.25) is 4.57 Å². The molecule has 48 heavy (non-hydrogen) atoms. The zero-order valence-corrected chi connectivity index (χ0v) is 25.8. The molecule has 3 heterocycles. The summed E-state index contributed by atoms with van der Waals surface area (Å²) in [4.78, 5) is 10.5. The molecule has 0 saturated heterocycles. The molecule has 0 aliphatic carbocycles. The van der Waals surface area contributed by atoms with Crippen LogP contribution < -0.4 is 0 Å². The predicted molar refractivity (Wildman–Crippen MR) is 197 cm³/mol. The summed E-state index contributed by atoms with van der Waals surface area (Å²) in [5.74, 6) is 0.647. The van der Waals surface area contributed by atoms with E-state index in [0.29, 0.717) is 5.95 Å². The fourth-order valence-corrected chi connectivity index (χ4v) is 7.17. The molecule has 10 rings (SSSR count). The van der Waals surface area contributed by atoms with Crippen molar-refractivity contribution in [2.45, 2.75) is 0 Å². The number of hydrogen-bond donors (Lipinski definition) is 0. The second-order valence-electron chi connectivity index (χ2n) is 12.2. The van der Waals surface area contributed by atoms with Crippen molar-refractivity contribution in [1.82, 2.24) is 14.5 Å². The van der Waals surface area contributed by atoms with Gasteiger partial charge in [-0.25, -0.2) is 9.97 Å². The standard InChI is InChI=1S/C44H27N3O/c1-2-11-28(12-3-1)29-21-23-30(24-22-29)42-36-15-4-7-18-38(36)45-44(46-42)47-39-19-8-5-13-33(39)37-27-31(25-26-40(37)47)32-16-10-17-35-34-14-6-9-20-41(34)48-43(32)35/h1-27H. The number of nitrogens with zero attached hydrogens (tertiary/aromatic N) is 3. The second kappa shape index (κ2) is 10.5. The van der Waals surface area contributed by atoms with Crippen LogP contribution in [0.5, 0.6) is 0 Å². The van der Waals surface area contributed by atoms with Crippen LogP contribution in [-0.2, 0) is 0 Å². The first kappa shape index (κ1) is 26.7. The Labute approximate surface area is 276 Å². The van der Waals surface area contributed by atoms with Crippen LogP contribution in [0, 0.1) is 0 Å². The summed E-state index contributed by atoms with van der Waals surface area (Å²) in [5, 5.41) is 5.57. The van der Waals surface area contributed by atoms with Crippen LogP contribution >= 0.6 is 0 Å². The molecule has 0 radical (unpaired) electrons. The molecule has 0 atom stereocenters. The number of fused-ring (bicyclic) bond motifs is 7. The Balaban J connectivity index is 1.17. The molecule has 3 aromatic heterocycles. The van der Waals surface area contributed by atoms with Crippen molar-refractivity contribution < 1.29 is 4.42 Å². The van der Waals surface area contributed by atoms with E-state index in [9.17, 15) is 0 Å². The van der Waals surface area contributed by atoms with Gasteiger partial charge in [0.2, 0.25) is 5.95 Å². The fourth-order valence-electron chi connectivity index (χ4n) is 7.17. The molecule has 4 heteroatoms. The van der Waals surface area contributed by atoms with Gasteiger partial charge in [0.25, 0.3) is 0 Å². The van der Waals surface area contributed by atoms with Gasteiger partial charge in [0.05, 0.1) is 22.2 Å². The molecule has 0 bridgehead atoms. The molecule has 0 unspecified atom stereocenters. The van der Waals surface area contributed by atoms with E-state index in [0.717, 1.165) is 77.0 Å². The van der Waals surface area contributed by atoms with Gasteiger partial charge in [0.15, 0.2) is 0 Å². The van der Waals surface area contributed by atoms with Crippen LogP contribution in [0.2, 0.25) is 0 Å². The Morgan fingerprint density at radius 1 is 0.417 bits per heavy atom. The number of furan rings is 1. The third-order valence-electron chi connectivity index (χ3n) is 9.44. The molecule has 0 saturated carbocycles. The number of para-hydroxylation sites is 4. The van der Waals surface area contributed by atoms with Gasteiger partial charge in [-0.15, -0.1) is 0 Å². The highest BCUT2D eigenvalue weighted by Crippen LogP contribution is 2.39. The summed E-state index contributed by atoms with van der Waals surface area (Å²) >= 11 is 0. The smallest absolute Gasteiger partial charge is 0.235 e. The van der Waals surface area contributed by atoms with Gasteiger partial charge in [0.1, 0.15) is 11.2 Å². The van der Waals surface area contributed by atoms with Crippen LogP contribution in [-0.4, -0.2) is 14.5 Å². The SMILES string of the molecule is c1ccc(-c2ccc(-c3nc(-n4c5ccccc5c5cc(-c6cccc7c6oc6ccccc67)ccc54)nc4ccccc34)cc2)cc1. The lowest BCUT2D eigenvalue weighted by molar-refractivity contribution is 0.670. The van der Waals surface area contributed by atoms with E-state index in [1.807, 2.05) is 24.3 Å². The minimum Gasteiger partial charge on any atom is -0.455 e. The van der Waals surface area contributed by atoms with Crippen LogP contribution in [0.4, 0.5) is 0 Å². The van der Waals surface area contributed by atoms with E-state index in [1.165, 1.54) is 11.1 Å². The van der Waals surface area contributed by atoms with Crippen molar-refractivity contribution in [3.05, 3.63) is 164 Å². The Morgan fingerprint density at radius 2 is 1.06 bits per heavy atom. The van der Waals surface area contributed by atoms with Gasteiger partial charge in [-0.2, -0.15) is 0 Å². The summed E-state index contributed by atoms with van der Waals surface area (Å²) in [6.45, 7) is 0. The largest absolute Gasteiger partial charge is 0.455 e. The van der Waals surface area contributed by atoms with Gasteiger partial charge in [0, 0.05) is 38.1 Å². The molecule has 0 aliphatic heterocycles. The Hall–Kier alpha value is -6.52. The van der Waals surface area contributed by atoms with Crippen molar-refractivity contribution in [2.24, 2.45) is 0 Å². The lowest BCUT2D eigenvalue weighted by atomic mass is 10.0. The Bertz CT molecular complexity index is 2830. The summed E-state index contributed by atoms with van der Waals surface area (Å²) in [6.07, 6.45) is 0. The van der Waals surface area contributed by atoms with E-state index in [-0.39, 0.29) is 0 Å². The third kappa shape index (κ3) is 4.10. The van der Waals surface area contributed by atoms with E-state index in [4.69, 9.17) is 14.4 Å². The van der Waals surface area contributed by atoms with Crippen molar-refractivity contribution in [3.8, 4) is 39.5 Å². The van der Waals surface area contributed by atoms with Crippen molar-refractivity contribution in [2.75, 3.05) is 0 Å². The van der Waals surface area contributed by atoms with E-state index in [1.54, 1.807) is 0 Å². The molecule has 0 spiro atoms. The van der Waals surface area contributed by atoms with Crippen LogP contribution in [0.3, 0.4) is 0 Å². The van der Waals surface area contributed by atoms with Crippen LogP contribution in [0.1, 0.15) is 0 Å². The monoisotopic (exact) mass is 613 g/mol. The summed E-state index contributed by atoms with van der Waals surface area (Å²) in [5.41, 5.74) is 11.3. The van der Waals surface area contributed by atoms with Gasteiger partial charge in [-0.1, -0.05) is 133 Å². The number of benzene rings is 7. The molecular formula is C44H27N3O. The first-order valence-electron chi connectivity index (χ1n) is 16.2. The molecule has 0 N–H and O–H groups in total. The zero-order valence-electron chi connectivity index (χ0n) is 25.8. The van der Waals surface area contributed by atoms with Gasteiger partial charge in [-0.05, 0) is 47.0 Å². The molecule has 224 valence electrons. The third-order valence-corrected chi connectivity index (χ3v) is 9.44. The maximum atomic E-state index is 6.42. The predicted octanol–water partition coefficient (Wildman–Crippen LogP) is 11.6. The van der Waals surface area contributed by atoms with Crippen LogP contribution in [0.15, 0.2) is 168 Å². The topological polar surface area (TPSA) is 43.9 Å². The van der Waals surface area contributed by atoms with Gasteiger partial charge >= 0.3 is 0 Å². The summed E-state index contributed by atoms with van der Waals surface area (Å²) in [6, 6.07) is 57.2. The molecule has 4 nitrogen and oxygen atoms in total. The lowest BCUT2D eigenvalue weighted by Gasteiger charge is -2.12. The number of aromatic nitrogens is 3. The Morgan fingerprint density at radius 3 is 1.94 bits per heavy atom. The summed E-state index contributed by atoms with van der Waals surface area (Å²) in [7, 11) is 0. The van der Waals surface area contributed by atoms with Crippen molar-refractivity contribution >= 4 is 54.6 Å². The van der Waals surface area contributed by atoms with Gasteiger partial charge < -0.3 is 4.42 Å². The highest BCUT2D eigenvalue weighted by molar-refractivity contribution is 6.13. The number of hydrogen-bond acceptors (Lipinski definition) is 3. The fraction of sp³-hybridized carbons (Fsp3) is 0. The van der Waals surface area contributed by atoms with E-state index >= 15 is 0 Å². The number of rotatable bonds is 4. The van der Waals surface area contributed by atoms with Crippen LogP contribution in [0.25, 0.3) is 94.1 Å². The maximum absolute atomic E-state index is 6.42. The Kier molecular flexibility index (Phi) is 5.84. The zero-order chi connectivity index (χ0) is 31.6. The van der Waals surface area contributed by atoms with Crippen molar-refractivity contribution in [3.63, 3.8) is 0 Å².